The average molecular weight is 370 g/mol. The maximum absolute atomic E-state index is 12.2. The van der Waals surface area contributed by atoms with Crippen molar-refractivity contribution in [2.75, 3.05) is 27.5 Å². The molecule has 0 bridgehead atoms. The molecule has 3 rings (SSSR count). The monoisotopic (exact) mass is 370 g/mol. The van der Waals surface area contributed by atoms with Crippen molar-refractivity contribution in [2.24, 2.45) is 0 Å². The third-order valence-corrected chi connectivity index (χ3v) is 4.17. The van der Waals surface area contributed by atoms with Gasteiger partial charge in [-0.15, -0.1) is 0 Å². The van der Waals surface area contributed by atoms with Crippen molar-refractivity contribution in [3.63, 3.8) is 0 Å². The molecule has 7 heteroatoms. The van der Waals surface area contributed by atoms with Gasteiger partial charge in [0.05, 0.1) is 19.2 Å². The van der Waals surface area contributed by atoms with Gasteiger partial charge in [0.1, 0.15) is 0 Å². The summed E-state index contributed by atoms with van der Waals surface area (Å²) in [7, 11) is 3.23. The second-order valence-corrected chi connectivity index (χ2v) is 6.33. The number of esters is 1. The minimum Gasteiger partial charge on any atom is -0.465 e. The predicted molar refractivity (Wildman–Crippen MR) is 98.5 cm³/mol. The summed E-state index contributed by atoms with van der Waals surface area (Å²) in [4.78, 5) is 25.5. The van der Waals surface area contributed by atoms with E-state index >= 15 is 0 Å². The molecule has 1 aliphatic heterocycles. The quantitative estimate of drug-likeness (QED) is 0.751. The Hall–Kier alpha value is -3.06. The molecule has 0 fully saturated rings. The van der Waals surface area contributed by atoms with Gasteiger partial charge in [0.2, 0.25) is 12.7 Å². The van der Waals surface area contributed by atoms with E-state index in [0.29, 0.717) is 18.7 Å². The second-order valence-electron chi connectivity index (χ2n) is 6.33. The van der Waals surface area contributed by atoms with Crippen LogP contribution in [0.3, 0.4) is 0 Å². The van der Waals surface area contributed by atoms with Gasteiger partial charge >= 0.3 is 5.97 Å². The Morgan fingerprint density at radius 2 is 1.78 bits per heavy atom. The van der Waals surface area contributed by atoms with Gasteiger partial charge in [0, 0.05) is 13.1 Å². The molecule has 2 aromatic carbocycles. The summed E-state index contributed by atoms with van der Waals surface area (Å²) in [6, 6.07) is 12.7. The van der Waals surface area contributed by atoms with Crippen LogP contribution in [-0.4, -0.2) is 44.3 Å². The van der Waals surface area contributed by atoms with Crippen molar-refractivity contribution < 1.29 is 23.8 Å². The highest BCUT2D eigenvalue weighted by molar-refractivity contribution is 5.89. The van der Waals surface area contributed by atoms with Crippen molar-refractivity contribution in [1.82, 2.24) is 10.2 Å². The third kappa shape index (κ3) is 4.98. The molecule has 0 saturated heterocycles. The Morgan fingerprint density at radius 3 is 2.52 bits per heavy atom. The number of carbonyl (C=O) groups is 2. The fourth-order valence-electron chi connectivity index (χ4n) is 2.79. The molecule has 1 heterocycles. The number of methoxy groups -OCH3 is 1. The zero-order chi connectivity index (χ0) is 19.2. The van der Waals surface area contributed by atoms with E-state index in [1.807, 2.05) is 30.1 Å². The fraction of sp³-hybridized carbons (Fsp3) is 0.300. The molecular weight excluding hydrogens is 348 g/mol. The van der Waals surface area contributed by atoms with Gasteiger partial charge in [-0.1, -0.05) is 18.2 Å². The molecule has 7 nitrogen and oxygen atoms in total. The van der Waals surface area contributed by atoms with Crippen LogP contribution >= 0.6 is 0 Å². The number of likely N-dealkylation sites (N-methyl/N-ethyl adjacent to an activating group) is 1. The summed E-state index contributed by atoms with van der Waals surface area (Å²) in [5.74, 6) is 1.03. The third-order valence-electron chi connectivity index (χ3n) is 4.17. The lowest BCUT2D eigenvalue weighted by Crippen LogP contribution is -2.34. The maximum atomic E-state index is 12.2. The lowest BCUT2D eigenvalue weighted by Gasteiger charge is -2.16. The van der Waals surface area contributed by atoms with Crippen LogP contribution in [0.15, 0.2) is 42.5 Å². The number of carbonyl (C=O) groups excluding carboxylic acids is 2. The first-order chi connectivity index (χ1) is 13.0. The van der Waals surface area contributed by atoms with Gasteiger partial charge in [-0.05, 0) is 42.4 Å². The van der Waals surface area contributed by atoms with Gasteiger partial charge in [0.15, 0.2) is 11.5 Å². The molecule has 0 atom stereocenters. The summed E-state index contributed by atoms with van der Waals surface area (Å²) in [6.45, 7) is 1.54. The van der Waals surface area contributed by atoms with Crippen molar-refractivity contribution in [2.45, 2.75) is 13.1 Å². The lowest BCUT2D eigenvalue weighted by molar-refractivity contribution is -0.122. The summed E-state index contributed by atoms with van der Waals surface area (Å²) < 4.78 is 15.3. The van der Waals surface area contributed by atoms with E-state index in [4.69, 9.17) is 9.47 Å². The minimum atomic E-state index is -0.379. The molecule has 1 aliphatic rings. The van der Waals surface area contributed by atoms with E-state index in [-0.39, 0.29) is 25.2 Å². The smallest absolute Gasteiger partial charge is 0.337 e. The molecule has 0 aliphatic carbocycles. The van der Waals surface area contributed by atoms with Crippen molar-refractivity contribution in [3.8, 4) is 11.5 Å². The number of benzene rings is 2. The molecule has 1 N–H and O–H groups in total. The fourth-order valence-corrected chi connectivity index (χ4v) is 2.79. The number of nitrogens with one attached hydrogen (secondary N) is 1. The number of nitrogens with zero attached hydrogens (tertiary/aromatic N) is 1. The molecule has 0 saturated carbocycles. The summed E-state index contributed by atoms with van der Waals surface area (Å²) in [5.41, 5.74) is 2.44. The first-order valence-corrected chi connectivity index (χ1v) is 8.56. The molecule has 142 valence electrons. The zero-order valence-electron chi connectivity index (χ0n) is 15.4. The second kappa shape index (κ2) is 8.55. The van der Waals surface area contributed by atoms with Crippen LogP contribution in [0, 0.1) is 0 Å². The Balaban J connectivity index is 1.45. The van der Waals surface area contributed by atoms with E-state index in [2.05, 4.69) is 10.1 Å². The topological polar surface area (TPSA) is 77.1 Å². The summed E-state index contributed by atoms with van der Waals surface area (Å²) in [5, 5.41) is 2.88. The van der Waals surface area contributed by atoms with E-state index in [0.717, 1.165) is 22.6 Å². The lowest BCUT2D eigenvalue weighted by atomic mass is 10.1. The number of fused-ring (bicyclic) bond motifs is 1. The Morgan fingerprint density at radius 1 is 1.07 bits per heavy atom. The maximum Gasteiger partial charge on any atom is 0.337 e. The van der Waals surface area contributed by atoms with Gasteiger partial charge < -0.3 is 19.5 Å². The van der Waals surface area contributed by atoms with Crippen LogP contribution in [0.2, 0.25) is 0 Å². The molecule has 0 unspecified atom stereocenters. The number of hydrogen-bond acceptors (Lipinski definition) is 6. The SMILES string of the molecule is COC(=O)c1ccc(CNC(=O)CN(C)Cc2ccc3c(c2)OCO3)cc1. The zero-order valence-corrected chi connectivity index (χ0v) is 15.4. The molecule has 1 amide bonds. The average Bonchev–Trinajstić information content (AvgIpc) is 3.14. The van der Waals surface area contributed by atoms with E-state index in [1.54, 1.807) is 24.3 Å². The Kier molecular flexibility index (Phi) is 5.93. The van der Waals surface area contributed by atoms with Crippen LogP contribution in [0.4, 0.5) is 0 Å². The first kappa shape index (κ1) is 18.7. The van der Waals surface area contributed by atoms with Crippen LogP contribution in [0.5, 0.6) is 11.5 Å². The van der Waals surface area contributed by atoms with Gasteiger partial charge in [0.25, 0.3) is 0 Å². The Labute approximate surface area is 157 Å². The largest absolute Gasteiger partial charge is 0.465 e. The van der Waals surface area contributed by atoms with Crippen LogP contribution in [-0.2, 0) is 22.6 Å². The number of amides is 1. The van der Waals surface area contributed by atoms with Crippen molar-refractivity contribution in [1.29, 1.82) is 0 Å². The summed E-state index contributed by atoms with van der Waals surface area (Å²) >= 11 is 0. The van der Waals surface area contributed by atoms with E-state index in [9.17, 15) is 9.59 Å². The standard InChI is InChI=1S/C20H22N2O5/c1-22(11-15-5-8-17-18(9-15)27-13-26-17)12-19(23)21-10-14-3-6-16(7-4-14)20(24)25-2/h3-9H,10-13H2,1-2H3,(H,21,23). The molecular formula is C20H22N2O5. The van der Waals surface area contributed by atoms with Gasteiger partial charge in [-0.2, -0.15) is 0 Å². The molecule has 0 radical (unpaired) electrons. The number of ether oxygens (including phenoxy) is 3. The molecule has 27 heavy (non-hydrogen) atoms. The van der Waals surface area contributed by atoms with E-state index in [1.165, 1.54) is 7.11 Å². The molecule has 2 aromatic rings. The minimum absolute atomic E-state index is 0.0738. The van der Waals surface area contributed by atoms with Crippen LogP contribution in [0.1, 0.15) is 21.5 Å². The van der Waals surface area contributed by atoms with Crippen molar-refractivity contribution in [3.05, 3.63) is 59.2 Å². The predicted octanol–water partition coefficient (Wildman–Crippen LogP) is 1.95. The molecule has 0 aromatic heterocycles. The van der Waals surface area contributed by atoms with E-state index < -0.39 is 0 Å². The van der Waals surface area contributed by atoms with Crippen LogP contribution in [0.25, 0.3) is 0 Å². The number of rotatable bonds is 7. The highest BCUT2D eigenvalue weighted by Gasteiger charge is 2.14. The normalized spacial score (nSPS) is 12.1. The van der Waals surface area contributed by atoms with Crippen LogP contribution < -0.4 is 14.8 Å². The highest BCUT2D eigenvalue weighted by Crippen LogP contribution is 2.32. The molecule has 0 spiro atoms. The van der Waals surface area contributed by atoms with Gasteiger partial charge in [-0.3, -0.25) is 9.69 Å². The highest BCUT2D eigenvalue weighted by atomic mass is 16.7. The first-order valence-electron chi connectivity index (χ1n) is 8.56. The summed E-state index contributed by atoms with van der Waals surface area (Å²) in [6.07, 6.45) is 0. The number of hydrogen-bond donors (Lipinski definition) is 1. The Bertz CT molecular complexity index is 820. The van der Waals surface area contributed by atoms with Crippen molar-refractivity contribution >= 4 is 11.9 Å². The van der Waals surface area contributed by atoms with Gasteiger partial charge in [-0.25, -0.2) is 4.79 Å².